The molecular formula is C8H10BIO2S. The highest BCUT2D eigenvalue weighted by Crippen LogP contribution is 2.13. The summed E-state index contributed by atoms with van der Waals surface area (Å²) in [6, 6.07) is 3.77. The second-order valence-electron chi connectivity index (χ2n) is 2.81. The topological polar surface area (TPSA) is 40.5 Å². The molecule has 0 amide bonds. The van der Waals surface area contributed by atoms with Crippen LogP contribution in [0.2, 0.25) is 0 Å². The number of halogens is 1. The first-order valence-corrected chi connectivity index (χ1v) is 5.53. The van der Waals surface area contributed by atoms with Crippen molar-refractivity contribution < 1.29 is 10.0 Å². The van der Waals surface area contributed by atoms with Crippen LogP contribution in [0.4, 0.5) is 0 Å². The predicted octanol–water partition coefficient (Wildman–Crippen LogP) is 0.709. The molecule has 1 rings (SSSR count). The largest absolute Gasteiger partial charge is 0.488 e. The Labute approximate surface area is 97.1 Å². The molecule has 70 valence electrons. The van der Waals surface area contributed by atoms with Gasteiger partial charge in [-0.1, -0.05) is 0 Å². The molecule has 0 bridgehead atoms. The fraction of sp³-hybridized carbons (Fsp3) is 0.250. The van der Waals surface area contributed by atoms with Gasteiger partial charge in [0.2, 0.25) is 0 Å². The Morgan fingerprint density at radius 3 is 2.54 bits per heavy atom. The van der Waals surface area contributed by atoms with Crippen LogP contribution in [-0.2, 0) is 5.75 Å². The number of rotatable bonds is 2. The fourth-order valence-corrected chi connectivity index (χ4v) is 2.23. The van der Waals surface area contributed by atoms with Crippen molar-refractivity contribution in [2.24, 2.45) is 0 Å². The zero-order valence-corrected chi connectivity index (χ0v) is 10.2. The number of benzene rings is 1. The monoisotopic (exact) mass is 308 g/mol. The molecule has 1 aromatic carbocycles. The third kappa shape index (κ3) is 2.62. The Bertz CT molecular complexity index is 317. The van der Waals surface area contributed by atoms with E-state index in [0.717, 1.165) is 14.7 Å². The average Bonchev–Trinajstić information content (AvgIpc) is 2.08. The summed E-state index contributed by atoms with van der Waals surface area (Å²) in [4.78, 5) is 0. The molecule has 1 aromatic rings. The highest BCUT2D eigenvalue weighted by Gasteiger charge is 2.16. The quantitative estimate of drug-likeness (QED) is 0.428. The van der Waals surface area contributed by atoms with Crippen LogP contribution in [0, 0.1) is 10.5 Å². The van der Waals surface area contributed by atoms with Gasteiger partial charge in [0.15, 0.2) is 0 Å². The molecule has 0 aliphatic carbocycles. The van der Waals surface area contributed by atoms with Crippen molar-refractivity contribution in [3.63, 3.8) is 0 Å². The zero-order chi connectivity index (χ0) is 10.0. The Morgan fingerprint density at radius 1 is 1.46 bits per heavy atom. The maximum Gasteiger partial charge on any atom is 0.488 e. The van der Waals surface area contributed by atoms with Gasteiger partial charge in [0.05, 0.1) is 0 Å². The van der Waals surface area contributed by atoms with E-state index < -0.39 is 7.12 Å². The summed E-state index contributed by atoms with van der Waals surface area (Å²) in [6.45, 7) is 1.87. The van der Waals surface area contributed by atoms with E-state index in [9.17, 15) is 0 Å². The first-order valence-electron chi connectivity index (χ1n) is 3.82. The van der Waals surface area contributed by atoms with Crippen molar-refractivity contribution in [1.82, 2.24) is 0 Å². The molecule has 0 saturated heterocycles. The van der Waals surface area contributed by atoms with Crippen LogP contribution >= 0.6 is 35.2 Å². The minimum absolute atomic E-state index is 0.566. The first kappa shape index (κ1) is 11.4. The molecule has 5 heteroatoms. The van der Waals surface area contributed by atoms with Crippen molar-refractivity contribution in [3.8, 4) is 0 Å². The molecule has 2 N–H and O–H groups in total. The van der Waals surface area contributed by atoms with Gasteiger partial charge in [-0.05, 0) is 58.2 Å². The van der Waals surface area contributed by atoms with Crippen LogP contribution < -0.4 is 5.46 Å². The summed E-state index contributed by atoms with van der Waals surface area (Å²) >= 11 is 6.32. The minimum atomic E-state index is -1.40. The van der Waals surface area contributed by atoms with E-state index >= 15 is 0 Å². The number of hydrogen-bond donors (Lipinski definition) is 3. The van der Waals surface area contributed by atoms with Gasteiger partial charge >= 0.3 is 7.12 Å². The summed E-state index contributed by atoms with van der Waals surface area (Å²) < 4.78 is 0.996. The van der Waals surface area contributed by atoms with Gasteiger partial charge < -0.3 is 10.0 Å². The lowest BCUT2D eigenvalue weighted by Gasteiger charge is -2.09. The lowest BCUT2D eigenvalue weighted by molar-refractivity contribution is 0.425. The predicted molar refractivity (Wildman–Crippen MR) is 66.4 cm³/mol. The molecule has 0 saturated carbocycles. The highest BCUT2D eigenvalue weighted by atomic mass is 127. The van der Waals surface area contributed by atoms with Crippen LogP contribution in [0.3, 0.4) is 0 Å². The molecule has 0 spiro atoms. The maximum absolute atomic E-state index is 9.08. The third-order valence-corrected chi connectivity index (χ3v) is 2.93. The molecule has 0 aliphatic rings. The summed E-state index contributed by atoms with van der Waals surface area (Å²) in [6.07, 6.45) is 0. The van der Waals surface area contributed by atoms with Gasteiger partial charge in [0.1, 0.15) is 0 Å². The normalized spacial score (nSPS) is 10.2. The SMILES string of the molecule is Cc1c(CS)cc(I)cc1B(O)O. The standard InChI is InChI=1S/C8H10BIO2S/c1-5-6(4-13)2-7(10)3-8(5)9(11)12/h2-3,11-13H,4H2,1H3. The molecule has 0 fully saturated rings. The van der Waals surface area contributed by atoms with Crippen LogP contribution in [0.1, 0.15) is 11.1 Å². The molecule has 13 heavy (non-hydrogen) atoms. The Balaban J connectivity index is 3.27. The Hall–Kier alpha value is 0.285. The van der Waals surface area contributed by atoms with Crippen molar-refractivity contribution in [2.75, 3.05) is 0 Å². The minimum Gasteiger partial charge on any atom is -0.423 e. The van der Waals surface area contributed by atoms with Crippen molar-refractivity contribution in [2.45, 2.75) is 12.7 Å². The van der Waals surface area contributed by atoms with Gasteiger partial charge in [-0.25, -0.2) is 0 Å². The van der Waals surface area contributed by atoms with Crippen molar-refractivity contribution >= 4 is 47.8 Å². The Kier molecular flexibility index (Phi) is 4.09. The maximum atomic E-state index is 9.08. The van der Waals surface area contributed by atoms with E-state index in [4.69, 9.17) is 10.0 Å². The second-order valence-corrected chi connectivity index (χ2v) is 4.37. The van der Waals surface area contributed by atoms with Crippen LogP contribution in [0.25, 0.3) is 0 Å². The van der Waals surface area contributed by atoms with E-state index in [-0.39, 0.29) is 0 Å². The molecule has 0 aromatic heterocycles. The molecule has 0 aliphatic heterocycles. The van der Waals surface area contributed by atoms with Crippen molar-refractivity contribution in [1.29, 1.82) is 0 Å². The van der Waals surface area contributed by atoms with Gasteiger partial charge in [-0.15, -0.1) is 0 Å². The lowest BCUT2D eigenvalue weighted by atomic mass is 9.76. The average molecular weight is 308 g/mol. The van der Waals surface area contributed by atoms with E-state index in [1.807, 2.05) is 13.0 Å². The smallest absolute Gasteiger partial charge is 0.423 e. The molecule has 0 radical (unpaired) electrons. The first-order chi connectivity index (χ1) is 6.06. The Morgan fingerprint density at radius 2 is 2.08 bits per heavy atom. The summed E-state index contributed by atoms with van der Waals surface area (Å²) in [7, 11) is -1.40. The van der Waals surface area contributed by atoms with Crippen LogP contribution in [0.15, 0.2) is 12.1 Å². The molecular weight excluding hydrogens is 298 g/mol. The second kappa shape index (κ2) is 4.68. The van der Waals surface area contributed by atoms with Gasteiger partial charge in [0.25, 0.3) is 0 Å². The van der Waals surface area contributed by atoms with Crippen molar-refractivity contribution in [3.05, 3.63) is 26.8 Å². The van der Waals surface area contributed by atoms with Gasteiger partial charge in [0, 0.05) is 9.32 Å². The zero-order valence-electron chi connectivity index (χ0n) is 7.16. The highest BCUT2D eigenvalue weighted by molar-refractivity contribution is 14.1. The summed E-state index contributed by atoms with van der Waals surface area (Å²) in [5.74, 6) is 0.613. The van der Waals surface area contributed by atoms with E-state index in [1.54, 1.807) is 6.07 Å². The van der Waals surface area contributed by atoms with Crippen LogP contribution in [-0.4, -0.2) is 17.2 Å². The molecule has 2 nitrogen and oxygen atoms in total. The molecule has 0 atom stereocenters. The lowest BCUT2D eigenvalue weighted by Crippen LogP contribution is -2.33. The third-order valence-electron chi connectivity index (χ3n) is 1.97. The van der Waals surface area contributed by atoms with Gasteiger partial charge in [-0.3, -0.25) is 0 Å². The van der Waals surface area contributed by atoms with Gasteiger partial charge in [-0.2, -0.15) is 12.6 Å². The van der Waals surface area contributed by atoms with E-state index in [0.29, 0.717) is 11.2 Å². The molecule has 0 unspecified atom stereocenters. The molecule has 0 heterocycles. The fourth-order valence-electron chi connectivity index (χ4n) is 1.19. The summed E-state index contributed by atoms with van der Waals surface area (Å²) in [5.41, 5.74) is 2.51. The summed E-state index contributed by atoms with van der Waals surface area (Å²) in [5, 5.41) is 18.2. The van der Waals surface area contributed by atoms with E-state index in [1.165, 1.54) is 0 Å². The number of hydrogen-bond acceptors (Lipinski definition) is 3. The number of thiol groups is 1. The van der Waals surface area contributed by atoms with E-state index in [2.05, 4.69) is 35.2 Å². The van der Waals surface area contributed by atoms with Crippen LogP contribution in [0.5, 0.6) is 0 Å².